The minimum atomic E-state index is -2.39. The summed E-state index contributed by atoms with van der Waals surface area (Å²) in [6, 6.07) is 6.24. The Kier molecular flexibility index (Phi) is 5.03. The highest BCUT2D eigenvalue weighted by Crippen LogP contribution is 2.45. The molecule has 1 heterocycles. The smallest absolute Gasteiger partial charge is 0.336 e. The maximum Gasteiger partial charge on any atom is 0.336 e. The highest BCUT2D eigenvalue weighted by molar-refractivity contribution is 6.11. The van der Waals surface area contributed by atoms with Gasteiger partial charge in [0, 0.05) is 0 Å². The predicted molar refractivity (Wildman–Crippen MR) is 97.2 cm³/mol. The van der Waals surface area contributed by atoms with Crippen LogP contribution in [0.2, 0.25) is 0 Å². The van der Waals surface area contributed by atoms with Crippen molar-refractivity contribution in [3.05, 3.63) is 69.8 Å². The summed E-state index contributed by atoms with van der Waals surface area (Å²) in [4.78, 5) is 72.0. The number of cyclic esters (lactones) is 2. The second kappa shape index (κ2) is 7.37. The zero-order valence-electron chi connectivity index (χ0n) is 15.3. The normalized spacial score (nSPS) is 14.7. The Hall–Kier alpha value is -4.54. The Morgan fingerprint density at radius 2 is 1.13 bits per heavy atom. The zero-order valence-corrected chi connectivity index (χ0v) is 15.3. The Labute approximate surface area is 172 Å². The van der Waals surface area contributed by atoms with Crippen LogP contribution in [0.4, 0.5) is 0 Å². The fraction of sp³-hybridized carbons (Fsp3) is 0.100. The predicted octanol–water partition coefficient (Wildman–Crippen LogP) is 1.24. The largest absolute Gasteiger partial charge is 0.478 e. The molecule has 0 atom stereocenters. The van der Waals surface area contributed by atoms with Crippen LogP contribution in [0.5, 0.6) is 0 Å². The number of benzene rings is 2. The molecule has 2 aromatic carbocycles. The zero-order chi connectivity index (χ0) is 23.1. The van der Waals surface area contributed by atoms with Crippen LogP contribution >= 0.6 is 0 Å². The van der Waals surface area contributed by atoms with Crippen molar-refractivity contribution in [3.63, 3.8) is 0 Å². The second-order valence-corrected chi connectivity index (χ2v) is 6.52. The third-order valence-electron chi connectivity index (χ3n) is 4.90. The number of carboxylic acids is 4. The standard InChI is InChI=1S/C20H12O11/c21-12-7-20(19(30)31-12,10-5-1-3-8(15(22)23)13(10)17(26)27)11-6-2-4-9(16(24)25)14(11)18(28)29/h1-6H,7H2,(H,22,23)(H,24,25)(H,26,27)(H,28,29). The van der Waals surface area contributed by atoms with Crippen LogP contribution < -0.4 is 0 Å². The first-order valence-electron chi connectivity index (χ1n) is 8.47. The number of carbonyl (C=O) groups excluding carboxylic acids is 2. The molecule has 11 nitrogen and oxygen atoms in total. The average molecular weight is 428 g/mol. The van der Waals surface area contributed by atoms with E-state index in [1.165, 1.54) is 0 Å². The Bertz CT molecular complexity index is 1120. The summed E-state index contributed by atoms with van der Waals surface area (Å²) >= 11 is 0. The lowest BCUT2D eigenvalue weighted by molar-refractivity contribution is -0.153. The van der Waals surface area contributed by atoms with Crippen LogP contribution in [0.15, 0.2) is 36.4 Å². The second-order valence-electron chi connectivity index (χ2n) is 6.52. The van der Waals surface area contributed by atoms with Crippen molar-refractivity contribution in [2.75, 3.05) is 0 Å². The summed E-state index contributed by atoms with van der Waals surface area (Å²) < 4.78 is 4.60. The van der Waals surface area contributed by atoms with Gasteiger partial charge in [0.2, 0.25) is 0 Å². The molecular weight excluding hydrogens is 416 g/mol. The van der Waals surface area contributed by atoms with Crippen molar-refractivity contribution in [2.45, 2.75) is 11.8 Å². The first-order chi connectivity index (χ1) is 14.5. The van der Waals surface area contributed by atoms with E-state index in [9.17, 15) is 49.2 Å². The number of rotatable bonds is 6. The quantitative estimate of drug-likeness (QED) is 0.382. The highest BCUT2D eigenvalue weighted by atomic mass is 16.6. The maximum atomic E-state index is 12.9. The summed E-state index contributed by atoms with van der Waals surface area (Å²) in [5, 5.41) is 38.2. The van der Waals surface area contributed by atoms with E-state index in [2.05, 4.69) is 4.74 Å². The van der Waals surface area contributed by atoms with Gasteiger partial charge in [0.1, 0.15) is 5.41 Å². The topological polar surface area (TPSA) is 193 Å². The minimum Gasteiger partial charge on any atom is -0.478 e. The van der Waals surface area contributed by atoms with Gasteiger partial charge in [0.05, 0.1) is 28.7 Å². The van der Waals surface area contributed by atoms with E-state index in [-0.39, 0.29) is 0 Å². The average Bonchev–Trinajstić information content (AvgIpc) is 3.00. The lowest BCUT2D eigenvalue weighted by Gasteiger charge is -2.29. The molecule has 0 radical (unpaired) electrons. The Balaban J connectivity index is 2.54. The van der Waals surface area contributed by atoms with Gasteiger partial charge in [-0.15, -0.1) is 0 Å². The van der Waals surface area contributed by atoms with Crippen molar-refractivity contribution in [1.82, 2.24) is 0 Å². The van der Waals surface area contributed by atoms with Crippen LogP contribution in [0.3, 0.4) is 0 Å². The van der Waals surface area contributed by atoms with Gasteiger partial charge in [-0.25, -0.2) is 19.2 Å². The van der Waals surface area contributed by atoms with Crippen LogP contribution in [-0.4, -0.2) is 56.2 Å². The Morgan fingerprint density at radius 1 is 0.710 bits per heavy atom. The van der Waals surface area contributed by atoms with E-state index in [1.54, 1.807) is 0 Å². The third kappa shape index (κ3) is 3.17. The number of esters is 2. The molecule has 3 rings (SSSR count). The van der Waals surface area contributed by atoms with E-state index in [4.69, 9.17) is 0 Å². The molecule has 31 heavy (non-hydrogen) atoms. The molecule has 158 valence electrons. The molecule has 1 aliphatic rings. The molecular formula is C20H12O11. The van der Waals surface area contributed by atoms with Crippen molar-refractivity contribution in [3.8, 4) is 0 Å². The lowest BCUT2D eigenvalue weighted by Crippen LogP contribution is -2.37. The van der Waals surface area contributed by atoms with Crippen LogP contribution in [0, 0.1) is 0 Å². The van der Waals surface area contributed by atoms with E-state index < -0.39 is 81.0 Å². The van der Waals surface area contributed by atoms with Crippen molar-refractivity contribution < 1.29 is 53.9 Å². The maximum absolute atomic E-state index is 12.9. The fourth-order valence-electron chi connectivity index (χ4n) is 3.70. The van der Waals surface area contributed by atoms with Gasteiger partial charge in [0.25, 0.3) is 0 Å². The summed E-state index contributed by atoms with van der Waals surface area (Å²) in [6.07, 6.45) is -0.863. The molecule has 1 saturated heterocycles. The lowest BCUT2D eigenvalue weighted by atomic mass is 9.69. The van der Waals surface area contributed by atoms with Crippen LogP contribution in [-0.2, 0) is 19.7 Å². The fourth-order valence-corrected chi connectivity index (χ4v) is 3.70. The van der Waals surface area contributed by atoms with Crippen LogP contribution in [0.25, 0.3) is 0 Å². The molecule has 4 N–H and O–H groups in total. The molecule has 1 fully saturated rings. The van der Waals surface area contributed by atoms with Crippen molar-refractivity contribution in [2.24, 2.45) is 0 Å². The first kappa shape index (κ1) is 21.2. The number of hydrogen-bond donors (Lipinski definition) is 4. The Morgan fingerprint density at radius 3 is 1.42 bits per heavy atom. The van der Waals surface area contributed by atoms with Crippen molar-refractivity contribution >= 4 is 35.8 Å². The van der Waals surface area contributed by atoms with Gasteiger partial charge in [0.15, 0.2) is 0 Å². The molecule has 1 aliphatic heterocycles. The third-order valence-corrected chi connectivity index (χ3v) is 4.90. The molecule has 2 aromatic rings. The van der Waals surface area contributed by atoms with Gasteiger partial charge < -0.3 is 25.2 Å². The minimum absolute atomic E-state index is 0.513. The number of carboxylic acid groups (broad SMARTS) is 4. The highest BCUT2D eigenvalue weighted by Gasteiger charge is 2.55. The summed E-state index contributed by atoms with van der Waals surface area (Å²) in [7, 11) is 0. The van der Waals surface area contributed by atoms with E-state index >= 15 is 0 Å². The van der Waals surface area contributed by atoms with Gasteiger partial charge in [-0.1, -0.05) is 24.3 Å². The molecule has 11 heteroatoms. The number of hydrogen-bond acceptors (Lipinski definition) is 7. The molecule has 0 aliphatic carbocycles. The van der Waals surface area contributed by atoms with Crippen molar-refractivity contribution in [1.29, 1.82) is 0 Å². The molecule has 0 saturated carbocycles. The monoisotopic (exact) mass is 428 g/mol. The molecule has 0 spiro atoms. The molecule has 0 aromatic heterocycles. The van der Waals surface area contributed by atoms with Gasteiger partial charge in [-0.2, -0.15) is 0 Å². The number of carbonyl (C=O) groups is 6. The summed E-state index contributed by atoms with van der Waals surface area (Å²) in [5.41, 5.74) is -6.58. The van der Waals surface area contributed by atoms with Crippen LogP contribution in [0.1, 0.15) is 59.0 Å². The summed E-state index contributed by atoms with van der Waals surface area (Å²) in [5.74, 6) is -9.29. The van der Waals surface area contributed by atoms with Gasteiger partial charge >= 0.3 is 35.8 Å². The van der Waals surface area contributed by atoms with Gasteiger partial charge in [-0.3, -0.25) is 9.59 Å². The van der Waals surface area contributed by atoms with E-state index in [0.717, 1.165) is 36.4 Å². The molecule has 0 bridgehead atoms. The summed E-state index contributed by atoms with van der Waals surface area (Å²) in [6.45, 7) is 0. The first-order valence-corrected chi connectivity index (χ1v) is 8.47. The molecule has 0 amide bonds. The SMILES string of the molecule is O=C1CC(c2cccc(C(=O)O)c2C(=O)O)(c2cccc(C(=O)O)c2C(=O)O)C(=O)O1. The number of ether oxygens (including phenoxy) is 1. The van der Waals surface area contributed by atoms with Gasteiger partial charge in [-0.05, 0) is 23.3 Å². The number of aromatic carboxylic acids is 4. The van der Waals surface area contributed by atoms with E-state index in [1.807, 2.05) is 0 Å². The molecule has 0 unspecified atom stereocenters. The van der Waals surface area contributed by atoms with E-state index in [0.29, 0.717) is 0 Å².